The minimum absolute atomic E-state index is 0.237. The van der Waals surface area contributed by atoms with Crippen LogP contribution in [-0.2, 0) is 9.53 Å². The first-order chi connectivity index (χ1) is 7.39. The van der Waals surface area contributed by atoms with Crippen LogP contribution >= 0.6 is 0 Å². The Morgan fingerprint density at radius 1 is 1.44 bits per heavy atom. The summed E-state index contributed by atoms with van der Waals surface area (Å²) in [4.78, 5) is 11.7. The molecule has 96 valence electrons. The van der Waals surface area contributed by atoms with Crippen molar-refractivity contribution in [2.24, 2.45) is 11.3 Å². The van der Waals surface area contributed by atoms with Gasteiger partial charge in [-0.2, -0.15) is 0 Å². The molecule has 0 rings (SSSR count). The molecule has 4 heteroatoms. The molecular weight excluding hydrogens is 208 g/mol. The summed E-state index contributed by atoms with van der Waals surface area (Å²) in [5.74, 6) is 0.0651. The predicted octanol–water partition coefficient (Wildman–Crippen LogP) is 1.35. The number of carbonyl (C=O) groups is 1. The molecule has 0 bridgehead atoms. The molecule has 2 N–H and O–H groups in total. The van der Waals surface area contributed by atoms with E-state index in [0.717, 1.165) is 6.42 Å². The highest BCUT2D eigenvalue weighted by Gasteiger charge is 2.37. The summed E-state index contributed by atoms with van der Waals surface area (Å²) in [6.07, 6.45) is 1.00. The molecular formula is C12H24O4. The van der Waals surface area contributed by atoms with Crippen LogP contribution in [0.5, 0.6) is 0 Å². The van der Waals surface area contributed by atoms with Crippen LogP contribution in [0.2, 0.25) is 0 Å². The number of aliphatic hydroxyl groups excluding tert-OH is 2. The Morgan fingerprint density at radius 2 is 2.00 bits per heavy atom. The third kappa shape index (κ3) is 4.49. The summed E-state index contributed by atoms with van der Waals surface area (Å²) in [6.45, 7) is 5.58. The average Bonchev–Trinajstić information content (AvgIpc) is 2.27. The minimum atomic E-state index is -0.867. The molecule has 0 amide bonds. The molecule has 16 heavy (non-hydrogen) atoms. The van der Waals surface area contributed by atoms with Gasteiger partial charge >= 0.3 is 5.97 Å². The molecule has 0 aliphatic carbocycles. The molecule has 0 heterocycles. The fourth-order valence-electron chi connectivity index (χ4n) is 1.99. The molecule has 0 radical (unpaired) electrons. The van der Waals surface area contributed by atoms with Gasteiger partial charge in [0.15, 0.2) is 0 Å². The van der Waals surface area contributed by atoms with Crippen molar-refractivity contribution in [3.05, 3.63) is 0 Å². The lowest BCUT2D eigenvalue weighted by Crippen LogP contribution is -2.35. The lowest BCUT2D eigenvalue weighted by molar-refractivity contribution is -0.155. The smallest absolute Gasteiger partial charge is 0.311 e. The second-order valence-electron chi connectivity index (χ2n) is 4.81. The van der Waals surface area contributed by atoms with Crippen LogP contribution in [0.3, 0.4) is 0 Å². The summed E-state index contributed by atoms with van der Waals surface area (Å²) in [6, 6.07) is 0. The molecule has 3 atom stereocenters. The monoisotopic (exact) mass is 232 g/mol. The maximum Gasteiger partial charge on any atom is 0.311 e. The van der Waals surface area contributed by atoms with E-state index in [1.54, 1.807) is 6.92 Å². The lowest BCUT2D eigenvalue weighted by Gasteiger charge is -2.30. The Labute approximate surface area is 97.6 Å². The number of hydrogen-bond acceptors (Lipinski definition) is 4. The van der Waals surface area contributed by atoms with Crippen molar-refractivity contribution in [2.45, 2.75) is 46.1 Å². The van der Waals surface area contributed by atoms with Crippen molar-refractivity contribution in [2.75, 3.05) is 13.7 Å². The molecule has 0 saturated heterocycles. The fourth-order valence-corrected chi connectivity index (χ4v) is 1.99. The van der Waals surface area contributed by atoms with Gasteiger partial charge in [-0.25, -0.2) is 0 Å². The first-order valence-electron chi connectivity index (χ1n) is 5.77. The van der Waals surface area contributed by atoms with Gasteiger partial charge in [0.25, 0.3) is 0 Å². The van der Waals surface area contributed by atoms with Crippen molar-refractivity contribution in [1.82, 2.24) is 0 Å². The van der Waals surface area contributed by atoms with Crippen molar-refractivity contribution in [3.63, 3.8) is 0 Å². The quantitative estimate of drug-likeness (QED) is 0.650. The van der Waals surface area contributed by atoms with Crippen LogP contribution in [0.1, 0.15) is 40.0 Å². The second kappa shape index (κ2) is 6.86. The molecule has 4 nitrogen and oxygen atoms in total. The summed E-state index contributed by atoms with van der Waals surface area (Å²) >= 11 is 0. The Kier molecular flexibility index (Phi) is 6.60. The first kappa shape index (κ1) is 15.4. The normalized spacial score (nSPS) is 18.6. The molecule has 0 saturated carbocycles. The lowest BCUT2D eigenvalue weighted by atomic mass is 9.76. The Morgan fingerprint density at radius 3 is 2.38 bits per heavy atom. The van der Waals surface area contributed by atoms with Gasteiger partial charge in [-0.05, 0) is 25.7 Å². The van der Waals surface area contributed by atoms with Crippen LogP contribution < -0.4 is 0 Å². The second-order valence-corrected chi connectivity index (χ2v) is 4.81. The average molecular weight is 232 g/mol. The Balaban J connectivity index is 4.67. The summed E-state index contributed by atoms with van der Waals surface area (Å²) < 4.78 is 4.77. The van der Waals surface area contributed by atoms with E-state index in [2.05, 4.69) is 13.8 Å². The number of methoxy groups -OCH3 is 1. The fraction of sp³-hybridized carbons (Fsp3) is 0.917. The molecule has 3 unspecified atom stereocenters. The molecule has 0 aromatic carbocycles. The third-order valence-corrected chi connectivity index (χ3v) is 3.07. The van der Waals surface area contributed by atoms with Crippen molar-refractivity contribution < 1.29 is 19.7 Å². The number of carbonyl (C=O) groups excluding carboxylic acids is 1. The van der Waals surface area contributed by atoms with Gasteiger partial charge in [-0.1, -0.05) is 20.3 Å². The van der Waals surface area contributed by atoms with Gasteiger partial charge in [0.2, 0.25) is 0 Å². The maximum absolute atomic E-state index is 11.7. The molecule has 0 aliphatic rings. The highest BCUT2D eigenvalue weighted by molar-refractivity contribution is 5.76. The van der Waals surface area contributed by atoms with Crippen molar-refractivity contribution >= 4 is 5.97 Å². The molecule has 0 aromatic rings. The van der Waals surface area contributed by atoms with Gasteiger partial charge in [-0.15, -0.1) is 0 Å². The maximum atomic E-state index is 11.7. The van der Waals surface area contributed by atoms with Crippen LogP contribution in [0.4, 0.5) is 0 Å². The standard InChI is InChI=1S/C12H24O4/c1-5-9(2)6-12(3,11(15)16-4)7-10(14)8-13/h9-10,13-14H,5-8H2,1-4H3. The number of aliphatic hydroxyl groups is 2. The van der Waals surface area contributed by atoms with Gasteiger partial charge in [0, 0.05) is 0 Å². The van der Waals surface area contributed by atoms with Crippen molar-refractivity contribution in [3.8, 4) is 0 Å². The number of rotatable bonds is 7. The highest BCUT2D eigenvalue weighted by Crippen LogP contribution is 2.33. The predicted molar refractivity (Wildman–Crippen MR) is 61.9 cm³/mol. The zero-order chi connectivity index (χ0) is 12.8. The zero-order valence-corrected chi connectivity index (χ0v) is 10.7. The summed E-state index contributed by atoms with van der Waals surface area (Å²) in [5.41, 5.74) is -0.716. The van der Waals surface area contributed by atoms with E-state index in [1.165, 1.54) is 7.11 Å². The summed E-state index contributed by atoms with van der Waals surface area (Å²) in [5, 5.41) is 18.3. The van der Waals surface area contributed by atoms with E-state index in [4.69, 9.17) is 9.84 Å². The van der Waals surface area contributed by atoms with Gasteiger partial charge < -0.3 is 14.9 Å². The molecule has 0 spiro atoms. The SMILES string of the molecule is CCC(C)CC(C)(CC(O)CO)C(=O)OC. The van der Waals surface area contributed by atoms with Crippen molar-refractivity contribution in [1.29, 1.82) is 0 Å². The first-order valence-corrected chi connectivity index (χ1v) is 5.77. The Hall–Kier alpha value is -0.610. The van der Waals surface area contributed by atoms with E-state index in [9.17, 15) is 9.90 Å². The molecule has 0 aliphatic heterocycles. The summed E-state index contributed by atoms with van der Waals surface area (Å²) in [7, 11) is 1.35. The van der Waals surface area contributed by atoms with Gasteiger partial charge in [-0.3, -0.25) is 4.79 Å². The van der Waals surface area contributed by atoms with Gasteiger partial charge in [0.1, 0.15) is 0 Å². The topological polar surface area (TPSA) is 66.8 Å². The van der Waals surface area contributed by atoms with Gasteiger partial charge in [0.05, 0.1) is 25.2 Å². The molecule has 0 fully saturated rings. The van der Waals surface area contributed by atoms with Crippen LogP contribution in [0, 0.1) is 11.3 Å². The Bertz CT molecular complexity index is 203. The van der Waals surface area contributed by atoms with E-state index in [1.807, 2.05) is 0 Å². The number of esters is 1. The van der Waals surface area contributed by atoms with E-state index >= 15 is 0 Å². The van der Waals surface area contributed by atoms with Crippen LogP contribution in [0.25, 0.3) is 0 Å². The third-order valence-electron chi connectivity index (χ3n) is 3.07. The van der Waals surface area contributed by atoms with Crippen LogP contribution in [-0.4, -0.2) is 36.0 Å². The molecule has 0 aromatic heterocycles. The number of hydrogen-bond donors (Lipinski definition) is 2. The number of ether oxygens (including phenoxy) is 1. The zero-order valence-electron chi connectivity index (χ0n) is 10.7. The van der Waals surface area contributed by atoms with E-state index in [-0.39, 0.29) is 19.0 Å². The van der Waals surface area contributed by atoms with E-state index in [0.29, 0.717) is 12.3 Å². The largest absolute Gasteiger partial charge is 0.469 e. The van der Waals surface area contributed by atoms with E-state index < -0.39 is 11.5 Å². The van der Waals surface area contributed by atoms with Crippen LogP contribution in [0.15, 0.2) is 0 Å². The highest BCUT2D eigenvalue weighted by atomic mass is 16.5. The minimum Gasteiger partial charge on any atom is -0.469 e.